The molecular formula is C23H27FN4O2S. The fraction of sp³-hybridized carbons (Fsp3) is 0.348. The molecule has 0 radical (unpaired) electrons. The van der Waals surface area contributed by atoms with Gasteiger partial charge in [-0.2, -0.15) is 5.10 Å². The number of piperidine rings is 1. The van der Waals surface area contributed by atoms with E-state index in [1.807, 2.05) is 18.2 Å². The number of aryl methyl sites for hydroxylation is 1. The van der Waals surface area contributed by atoms with Gasteiger partial charge in [0.1, 0.15) is 10.7 Å². The largest absolute Gasteiger partial charge is 0.299 e. The lowest BCUT2D eigenvalue weighted by atomic mass is 10.1. The van der Waals surface area contributed by atoms with Crippen LogP contribution >= 0.6 is 0 Å². The molecule has 164 valence electrons. The van der Waals surface area contributed by atoms with Gasteiger partial charge < -0.3 is 0 Å². The van der Waals surface area contributed by atoms with Crippen molar-refractivity contribution in [3.8, 4) is 5.69 Å². The van der Waals surface area contributed by atoms with Gasteiger partial charge in [0, 0.05) is 25.7 Å². The van der Waals surface area contributed by atoms with Crippen LogP contribution in [-0.4, -0.2) is 42.2 Å². The molecule has 0 aliphatic carbocycles. The SMILES string of the molecule is Cc1nn(-c2ccc(F)cc2)c(C)c1S(=O)(=O)NC1CCN(Cc2ccccc2)CC1. The zero-order chi connectivity index (χ0) is 22.0. The monoisotopic (exact) mass is 442 g/mol. The van der Waals surface area contributed by atoms with E-state index in [9.17, 15) is 12.8 Å². The fourth-order valence-electron chi connectivity index (χ4n) is 4.18. The second-order valence-corrected chi connectivity index (χ2v) is 9.70. The quantitative estimate of drug-likeness (QED) is 0.634. The smallest absolute Gasteiger partial charge is 0.244 e. The number of hydrogen-bond acceptors (Lipinski definition) is 4. The standard InChI is InChI=1S/C23H27FN4O2S/c1-17-23(18(2)28(25-17)22-10-8-20(24)9-11-22)31(29,30)26-21-12-14-27(15-13-21)16-19-6-4-3-5-7-19/h3-11,21,26H,12-16H2,1-2H3. The third kappa shape index (κ3) is 4.87. The Kier molecular flexibility index (Phi) is 6.22. The number of nitrogens with zero attached hydrogens (tertiary/aromatic N) is 3. The van der Waals surface area contributed by atoms with Crippen LogP contribution in [0.15, 0.2) is 59.5 Å². The first-order valence-corrected chi connectivity index (χ1v) is 11.9. The lowest BCUT2D eigenvalue weighted by Gasteiger charge is -2.32. The molecule has 2 aromatic carbocycles. The highest BCUT2D eigenvalue weighted by atomic mass is 32.2. The van der Waals surface area contributed by atoms with E-state index in [1.165, 1.54) is 17.7 Å². The molecule has 2 heterocycles. The van der Waals surface area contributed by atoms with Crippen LogP contribution in [0.4, 0.5) is 4.39 Å². The molecule has 0 bridgehead atoms. The fourth-order valence-corrected chi connectivity index (χ4v) is 5.88. The molecule has 1 aliphatic heterocycles. The van der Waals surface area contributed by atoms with Crippen molar-refractivity contribution in [2.75, 3.05) is 13.1 Å². The number of halogens is 1. The molecule has 1 saturated heterocycles. The van der Waals surface area contributed by atoms with Crippen molar-refractivity contribution < 1.29 is 12.8 Å². The third-order valence-corrected chi connectivity index (χ3v) is 7.50. The first-order chi connectivity index (χ1) is 14.8. The van der Waals surface area contributed by atoms with Crippen molar-refractivity contribution in [3.05, 3.63) is 77.4 Å². The Morgan fingerprint density at radius 3 is 2.32 bits per heavy atom. The van der Waals surface area contributed by atoms with Crippen LogP contribution in [0.2, 0.25) is 0 Å². The Labute approximate surface area is 182 Å². The van der Waals surface area contributed by atoms with Crippen LogP contribution in [0.3, 0.4) is 0 Å². The van der Waals surface area contributed by atoms with Gasteiger partial charge in [0.15, 0.2) is 0 Å². The van der Waals surface area contributed by atoms with Gasteiger partial charge in [-0.15, -0.1) is 0 Å². The Morgan fingerprint density at radius 2 is 1.68 bits per heavy atom. The van der Waals surface area contributed by atoms with Crippen LogP contribution in [0.5, 0.6) is 0 Å². The highest BCUT2D eigenvalue weighted by Gasteiger charge is 2.29. The second-order valence-electron chi connectivity index (χ2n) is 8.05. The van der Waals surface area contributed by atoms with Crippen LogP contribution < -0.4 is 4.72 Å². The predicted octanol–water partition coefficient (Wildman–Crippen LogP) is 3.57. The van der Waals surface area contributed by atoms with Crippen molar-refractivity contribution in [2.24, 2.45) is 0 Å². The molecule has 0 amide bonds. The maximum absolute atomic E-state index is 13.2. The zero-order valence-corrected chi connectivity index (χ0v) is 18.6. The first kappa shape index (κ1) is 21.7. The van der Waals surface area contributed by atoms with Gasteiger partial charge in [-0.3, -0.25) is 4.90 Å². The van der Waals surface area contributed by atoms with Crippen molar-refractivity contribution in [2.45, 2.75) is 44.2 Å². The van der Waals surface area contributed by atoms with Gasteiger partial charge in [-0.1, -0.05) is 30.3 Å². The van der Waals surface area contributed by atoms with Gasteiger partial charge >= 0.3 is 0 Å². The molecule has 1 fully saturated rings. The minimum Gasteiger partial charge on any atom is -0.299 e. The summed E-state index contributed by atoms with van der Waals surface area (Å²) >= 11 is 0. The minimum atomic E-state index is -3.72. The summed E-state index contributed by atoms with van der Waals surface area (Å²) in [5.74, 6) is -0.349. The summed E-state index contributed by atoms with van der Waals surface area (Å²) in [5.41, 5.74) is 2.83. The Morgan fingerprint density at radius 1 is 1.03 bits per heavy atom. The van der Waals surface area contributed by atoms with Gasteiger partial charge in [0.2, 0.25) is 10.0 Å². The molecule has 8 heteroatoms. The number of aromatic nitrogens is 2. The van der Waals surface area contributed by atoms with E-state index < -0.39 is 10.0 Å². The maximum Gasteiger partial charge on any atom is 0.244 e. The number of rotatable bonds is 6. The highest BCUT2D eigenvalue weighted by molar-refractivity contribution is 7.89. The van der Waals surface area contributed by atoms with E-state index in [4.69, 9.17) is 0 Å². The lowest BCUT2D eigenvalue weighted by molar-refractivity contribution is 0.200. The van der Waals surface area contributed by atoms with Gasteiger partial charge in [0.25, 0.3) is 0 Å². The zero-order valence-electron chi connectivity index (χ0n) is 17.8. The van der Waals surface area contributed by atoms with E-state index in [2.05, 4.69) is 26.9 Å². The molecule has 1 N–H and O–H groups in total. The second kappa shape index (κ2) is 8.90. The molecule has 0 saturated carbocycles. The van der Waals surface area contributed by atoms with Crippen molar-refractivity contribution in [1.29, 1.82) is 0 Å². The summed E-state index contributed by atoms with van der Waals surface area (Å²) < 4.78 is 44.0. The Balaban J connectivity index is 1.44. The molecule has 0 unspecified atom stereocenters. The van der Waals surface area contributed by atoms with Crippen molar-refractivity contribution in [3.63, 3.8) is 0 Å². The summed E-state index contributed by atoms with van der Waals surface area (Å²) in [5, 5.41) is 4.40. The van der Waals surface area contributed by atoms with Crippen LogP contribution in [0.25, 0.3) is 5.69 Å². The summed E-state index contributed by atoms with van der Waals surface area (Å²) in [4.78, 5) is 2.55. The van der Waals surface area contributed by atoms with Gasteiger partial charge in [-0.25, -0.2) is 22.2 Å². The molecule has 4 rings (SSSR count). The summed E-state index contributed by atoms with van der Waals surface area (Å²) in [6.07, 6.45) is 1.52. The molecule has 31 heavy (non-hydrogen) atoms. The van der Waals surface area contributed by atoms with Crippen LogP contribution in [0.1, 0.15) is 29.8 Å². The number of likely N-dealkylation sites (tertiary alicyclic amines) is 1. The normalized spacial score (nSPS) is 16.0. The Bertz CT molecular complexity index is 1140. The van der Waals surface area contributed by atoms with E-state index >= 15 is 0 Å². The van der Waals surface area contributed by atoms with Crippen molar-refractivity contribution in [1.82, 2.24) is 19.4 Å². The average molecular weight is 443 g/mol. The number of sulfonamides is 1. The summed E-state index contributed by atoms with van der Waals surface area (Å²) in [7, 11) is -3.72. The molecule has 6 nitrogen and oxygen atoms in total. The third-order valence-electron chi connectivity index (χ3n) is 5.72. The number of hydrogen-bond donors (Lipinski definition) is 1. The summed E-state index contributed by atoms with van der Waals surface area (Å²) in [6.45, 7) is 5.97. The first-order valence-electron chi connectivity index (χ1n) is 10.4. The topological polar surface area (TPSA) is 67.2 Å². The summed E-state index contributed by atoms with van der Waals surface area (Å²) in [6, 6.07) is 16.0. The lowest BCUT2D eigenvalue weighted by Crippen LogP contribution is -2.44. The van der Waals surface area contributed by atoms with E-state index in [1.54, 1.807) is 30.7 Å². The number of benzene rings is 2. The van der Waals surface area contributed by atoms with Crippen LogP contribution in [0, 0.1) is 19.7 Å². The van der Waals surface area contributed by atoms with Gasteiger partial charge in [-0.05, 0) is 56.5 Å². The Hall–Kier alpha value is -2.55. The molecule has 0 atom stereocenters. The maximum atomic E-state index is 13.2. The minimum absolute atomic E-state index is 0.106. The molecule has 1 aromatic heterocycles. The van der Waals surface area contributed by atoms with Gasteiger partial charge in [0.05, 0.1) is 17.1 Å². The van der Waals surface area contributed by atoms with E-state index in [-0.39, 0.29) is 16.8 Å². The predicted molar refractivity (Wildman–Crippen MR) is 118 cm³/mol. The van der Waals surface area contributed by atoms with E-state index in [0.717, 1.165) is 32.5 Å². The van der Waals surface area contributed by atoms with Crippen LogP contribution in [-0.2, 0) is 16.6 Å². The average Bonchev–Trinajstić information content (AvgIpc) is 3.05. The molecular weight excluding hydrogens is 415 g/mol. The van der Waals surface area contributed by atoms with E-state index in [0.29, 0.717) is 17.1 Å². The molecule has 0 spiro atoms. The van der Waals surface area contributed by atoms with Crippen molar-refractivity contribution >= 4 is 10.0 Å². The molecule has 3 aromatic rings. The highest BCUT2D eigenvalue weighted by Crippen LogP contribution is 2.24. The molecule has 1 aliphatic rings. The number of nitrogens with one attached hydrogen (secondary N) is 1.